The lowest BCUT2D eigenvalue weighted by Crippen LogP contribution is -2.36. The maximum Gasteiger partial charge on any atom is 0.240 e. The summed E-state index contributed by atoms with van der Waals surface area (Å²) in [6.07, 6.45) is 0.754. The van der Waals surface area contributed by atoms with Crippen molar-refractivity contribution in [1.29, 1.82) is 0 Å². The topological polar surface area (TPSA) is 106 Å². The number of hydrogen-bond donors (Lipinski definition) is 2. The summed E-state index contributed by atoms with van der Waals surface area (Å²) < 4.78 is 44.0. The first-order valence-electron chi connectivity index (χ1n) is 10.8. The predicted octanol–water partition coefficient (Wildman–Crippen LogP) is 1.94. The molecule has 10 heteroatoms. The van der Waals surface area contributed by atoms with E-state index in [1.54, 1.807) is 13.2 Å². The van der Waals surface area contributed by atoms with E-state index in [0.717, 1.165) is 17.7 Å². The van der Waals surface area contributed by atoms with E-state index in [2.05, 4.69) is 10.0 Å². The van der Waals surface area contributed by atoms with Gasteiger partial charge in [0.05, 0.1) is 31.3 Å². The summed E-state index contributed by atoms with van der Waals surface area (Å²) in [5.41, 5.74) is 1.04. The van der Waals surface area contributed by atoms with Gasteiger partial charge in [0.1, 0.15) is 5.75 Å². The number of methoxy groups -OCH3 is 1. The van der Waals surface area contributed by atoms with Gasteiger partial charge in [0.15, 0.2) is 11.5 Å². The monoisotopic (exact) mass is 477 g/mol. The number of likely N-dealkylation sites (N-methyl/N-ethyl adjacent to an activating group) is 1. The molecular formula is C23H31N3O6S. The van der Waals surface area contributed by atoms with E-state index < -0.39 is 10.0 Å². The zero-order valence-electron chi connectivity index (χ0n) is 19.2. The summed E-state index contributed by atoms with van der Waals surface area (Å²) >= 11 is 0. The van der Waals surface area contributed by atoms with Crippen LogP contribution >= 0.6 is 0 Å². The van der Waals surface area contributed by atoms with Gasteiger partial charge in [0.25, 0.3) is 0 Å². The van der Waals surface area contributed by atoms with Crippen molar-refractivity contribution in [3.63, 3.8) is 0 Å². The molecule has 0 saturated heterocycles. The number of fused-ring (bicyclic) bond motifs is 1. The number of carbonyl (C=O) groups excluding carboxylic acids is 1. The molecule has 1 aliphatic heterocycles. The van der Waals surface area contributed by atoms with Crippen LogP contribution in [0.25, 0.3) is 0 Å². The van der Waals surface area contributed by atoms with Gasteiger partial charge in [0.2, 0.25) is 15.9 Å². The highest BCUT2D eigenvalue weighted by atomic mass is 32.2. The van der Waals surface area contributed by atoms with Crippen LogP contribution in [-0.4, -0.2) is 66.7 Å². The number of amides is 1. The molecule has 0 saturated carbocycles. The van der Waals surface area contributed by atoms with E-state index in [1.165, 1.54) is 12.1 Å². The summed E-state index contributed by atoms with van der Waals surface area (Å²) in [5, 5.41) is 2.88. The van der Waals surface area contributed by atoms with Crippen LogP contribution in [0.2, 0.25) is 0 Å². The average molecular weight is 478 g/mol. The Kier molecular flexibility index (Phi) is 8.54. The number of carbonyl (C=O) groups is 1. The third-order valence-corrected chi connectivity index (χ3v) is 6.75. The fourth-order valence-corrected chi connectivity index (χ4v) is 4.46. The lowest BCUT2D eigenvalue weighted by atomic mass is 10.1. The number of rotatable bonds is 10. The Labute approximate surface area is 195 Å². The summed E-state index contributed by atoms with van der Waals surface area (Å²) in [6.45, 7) is 1.37. The fraction of sp³-hybridized carbons (Fsp3) is 0.435. The predicted molar refractivity (Wildman–Crippen MR) is 124 cm³/mol. The molecule has 1 unspecified atom stereocenters. The van der Waals surface area contributed by atoms with Crippen LogP contribution in [0.1, 0.15) is 24.4 Å². The van der Waals surface area contributed by atoms with Crippen LogP contribution in [0, 0.1) is 0 Å². The van der Waals surface area contributed by atoms with Crippen LogP contribution in [-0.2, 0) is 14.8 Å². The van der Waals surface area contributed by atoms with Crippen molar-refractivity contribution in [2.45, 2.75) is 23.8 Å². The van der Waals surface area contributed by atoms with E-state index >= 15 is 0 Å². The van der Waals surface area contributed by atoms with Gasteiger partial charge in [-0.25, -0.2) is 13.1 Å². The van der Waals surface area contributed by atoms with Crippen molar-refractivity contribution in [3.05, 3.63) is 48.0 Å². The van der Waals surface area contributed by atoms with Gasteiger partial charge < -0.3 is 24.4 Å². The van der Waals surface area contributed by atoms with Crippen molar-refractivity contribution >= 4 is 15.9 Å². The molecule has 9 nitrogen and oxygen atoms in total. The molecule has 180 valence electrons. The summed E-state index contributed by atoms with van der Waals surface area (Å²) in [7, 11) is 1.70. The number of sulfonamides is 1. The molecule has 33 heavy (non-hydrogen) atoms. The maximum absolute atomic E-state index is 12.6. The molecule has 0 bridgehead atoms. The lowest BCUT2D eigenvalue weighted by Gasteiger charge is -2.25. The minimum atomic E-state index is -3.78. The van der Waals surface area contributed by atoms with Crippen molar-refractivity contribution in [2.75, 3.05) is 47.5 Å². The smallest absolute Gasteiger partial charge is 0.240 e. The van der Waals surface area contributed by atoms with Gasteiger partial charge >= 0.3 is 0 Å². The molecule has 1 amide bonds. The molecule has 0 aromatic heterocycles. The van der Waals surface area contributed by atoms with Gasteiger partial charge in [-0.05, 0) is 43.9 Å². The molecule has 0 aliphatic carbocycles. The Morgan fingerprint density at radius 2 is 1.79 bits per heavy atom. The van der Waals surface area contributed by atoms with E-state index in [4.69, 9.17) is 14.2 Å². The van der Waals surface area contributed by atoms with Gasteiger partial charge in [-0.2, -0.15) is 0 Å². The highest BCUT2D eigenvalue weighted by molar-refractivity contribution is 7.89. The lowest BCUT2D eigenvalue weighted by molar-refractivity contribution is -0.121. The highest BCUT2D eigenvalue weighted by Gasteiger charge is 2.20. The van der Waals surface area contributed by atoms with Gasteiger partial charge in [-0.1, -0.05) is 12.1 Å². The van der Waals surface area contributed by atoms with Crippen molar-refractivity contribution < 1.29 is 27.4 Å². The Hall–Kier alpha value is -2.82. The largest absolute Gasteiger partial charge is 0.497 e. The second kappa shape index (κ2) is 11.4. The van der Waals surface area contributed by atoms with Crippen molar-refractivity contribution in [1.82, 2.24) is 14.9 Å². The molecule has 2 N–H and O–H groups in total. The molecule has 1 atom stereocenters. The van der Waals surface area contributed by atoms with E-state index in [1.807, 2.05) is 43.3 Å². The molecule has 2 aromatic carbocycles. The number of nitrogens with zero attached hydrogens (tertiary/aromatic N) is 1. The van der Waals surface area contributed by atoms with Crippen molar-refractivity contribution in [3.8, 4) is 17.2 Å². The van der Waals surface area contributed by atoms with Gasteiger partial charge in [0, 0.05) is 32.0 Å². The third-order valence-electron chi connectivity index (χ3n) is 5.29. The Bertz CT molecular complexity index is 1040. The van der Waals surface area contributed by atoms with Crippen LogP contribution < -0.4 is 24.2 Å². The van der Waals surface area contributed by atoms with Gasteiger partial charge in [-0.3, -0.25) is 4.79 Å². The van der Waals surface area contributed by atoms with E-state index in [9.17, 15) is 13.2 Å². The first-order valence-corrected chi connectivity index (χ1v) is 12.2. The zero-order valence-corrected chi connectivity index (χ0v) is 20.0. The fourth-order valence-electron chi connectivity index (χ4n) is 3.42. The number of hydrogen-bond acceptors (Lipinski definition) is 7. The Morgan fingerprint density at radius 3 is 2.45 bits per heavy atom. The molecule has 3 rings (SSSR count). The zero-order chi connectivity index (χ0) is 23.8. The second-order valence-corrected chi connectivity index (χ2v) is 9.63. The molecule has 0 radical (unpaired) electrons. The first kappa shape index (κ1) is 24.8. The molecular weight excluding hydrogens is 446 g/mol. The maximum atomic E-state index is 12.6. The van der Waals surface area contributed by atoms with Crippen LogP contribution in [0.3, 0.4) is 0 Å². The molecule has 2 aromatic rings. The summed E-state index contributed by atoms with van der Waals surface area (Å²) in [4.78, 5) is 14.4. The summed E-state index contributed by atoms with van der Waals surface area (Å²) in [5.74, 6) is 1.46. The number of benzene rings is 2. The van der Waals surface area contributed by atoms with Crippen LogP contribution in [0.4, 0.5) is 0 Å². The molecule has 0 fully saturated rings. The third kappa shape index (κ3) is 6.83. The van der Waals surface area contributed by atoms with Crippen LogP contribution in [0.15, 0.2) is 47.4 Å². The normalized spacial score (nSPS) is 14.4. The number of nitrogens with one attached hydrogen (secondary N) is 2. The minimum Gasteiger partial charge on any atom is -0.497 e. The van der Waals surface area contributed by atoms with Gasteiger partial charge in [-0.15, -0.1) is 0 Å². The van der Waals surface area contributed by atoms with Crippen LogP contribution in [0.5, 0.6) is 17.2 Å². The highest BCUT2D eigenvalue weighted by Crippen LogP contribution is 2.31. The standard InChI is InChI=1S/C23H31N3O6S/c1-26(2)20(17-5-7-18(30-3)8-6-17)16-24-23(27)11-12-25-33(28,29)19-9-10-21-22(15-19)32-14-4-13-31-21/h5-10,15,20,25H,4,11-14,16H2,1-3H3,(H,24,27). The molecule has 0 spiro atoms. The Morgan fingerprint density at radius 1 is 1.09 bits per heavy atom. The second-order valence-electron chi connectivity index (χ2n) is 7.86. The first-order chi connectivity index (χ1) is 15.8. The Balaban J connectivity index is 1.51. The number of ether oxygens (including phenoxy) is 3. The average Bonchev–Trinajstić information content (AvgIpc) is 3.04. The van der Waals surface area contributed by atoms with E-state index in [0.29, 0.717) is 31.3 Å². The molecule has 1 heterocycles. The van der Waals surface area contributed by atoms with E-state index in [-0.39, 0.29) is 29.8 Å². The molecule has 1 aliphatic rings. The van der Waals surface area contributed by atoms with Crippen molar-refractivity contribution in [2.24, 2.45) is 0 Å². The summed E-state index contributed by atoms with van der Waals surface area (Å²) in [6, 6.07) is 12.1. The SMILES string of the molecule is COc1ccc(C(CNC(=O)CCNS(=O)(=O)c2ccc3c(c2)OCCCO3)N(C)C)cc1. The quantitative estimate of drug-likeness (QED) is 0.539. The minimum absolute atomic E-state index is 0.0161.